The summed E-state index contributed by atoms with van der Waals surface area (Å²) in [5, 5.41) is 2.71. The number of rotatable bonds is 0. The van der Waals surface area contributed by atoms with Crippen LogP contribution in [0, 0.1) is 0 Å². The van der Waals surface area contributed by atoms with E-state index in [1.807, 2.05) is 12.1 Å². The number of aromatic nitrogens is 2. The first-order valence-electron chi connectivity index (χ1n) is 4.74. The van der Waals surface area contributed by atoms with Crippen LogP contribution in [0.15, 0.2) is 36.7 Å². The van der Waals surface area contributed by atoms with Crippen LogP contribution in [0.1, 0.15) is 10.5 Å². The van der Waals surface area contributed by atoms with Gasteiger partial charge >= 0.3 is 0 Å². The average molecular weight is 213 g/mol. The molecular weight excluding hydrogens is 206 g/mol. The quantitative estimate of drug-likeness (QED) is 0.725. The summed E-state index contributed by atoms with van der Waals surface area (Å²) in [4.78, 5) is 19.7. The monoisotopic (exact) mass is 213 g/mol. The number of amides is 1. The molecule has 1 amide bonds. The van der Waals surface area contributed by atoms with Crippen molar-refractivity contribution in [1.82, 2.24) is 9.97 Å². The van der Waals surface area contributed by atoms with Gasteiger partial charge in [0.05, 0.1) is 5.69 Å². The minimum Gasteiger partial charge on any atom is -0.435 e. The molecule has 3 rings (SSSR count). The Labute approximate surface area is 91.1 Å². The maximum Gasteiger partial charge on any atom is 0.280 e. The van der Waals surface area contributed by atoms with Gasteiger partial charge in [-0.05, 0) is 12.1 Å². The lowest BCUT2D eigenvalue weighted by atomic mass is 10.3. The van der Waals surface area contributed by atoms with Gasteiger partial charge in [-0.3, -0.25) is 4.79 Å². The third-order valence-electron chi connectivity index (χ3n) is 2.22. The van der Waals surface area contributed by atoms with Crippen LogP contribution in [0.25, 0.3) is 0 Å². The number of fused-ring (bicyclic) bond motifs is 2. The number of hydrogen-bond acceptors (Lipinski definition) is 4. The van der Waals surface area contributed by atoms with E-state index in [1.165, 1.54) is 12.4 Å². The highest BCUT2D eigenvalue weighted by molar-refractivity contribution is 6.06. The van der Waals surface area contributed by atoms with Crippen molar-refractivity contribution >= 4 is 11.6 Å². The summed E-state index contributed by atoms with van der Waals surface area (Å²) in [6.45, 7) is 0. The van der Waals surface area contributed by atoms with Crippen molar-refractivity contribution < 1.29 is 9.53 Å². The van der Waals surface area contributed by atoms with Crippen molar-refractivity contribution in [2.45, 2.75) is 0 Å². The van der Waals surface area contributed by atoms with Gasteiger partial charge in [-0.2, -0.15) is 0 Å². The smallest absolute Gasteiger partial charge is 0.280 e. The molecule has 78 valence electrons. The lowest BCUT2D eigenvalue weighted by Gasteiger charge is -2.04. The second-order valence-electron chi connectivity index (χ2n) is 3.26. The van der Waals surface area contributed by atoms with Crippen LogP contribution < -0.4 is 10.1 Å². The largest absolute Gasteiger partial charge is 0.435 e. The molecule has 1 N–H and O–H groups in total. The van der Waals surface area contributed by atoms with Gasteiger partial charge in [0.1, 0.15) is 0 Å². The molecule has 0 fully saturated rings. The average Bonchev–Trinajstić information content (AvgIpc) is 2.45. The fourth-order valence-electron chi connectivity index (χ4n) is 1.50. The molecule has 1 aliphatic rings. The maximum absolute atomic E-state index is 11.8. The first-order valence-corrected chi connectivity index (χ1v) is 4.74. The molecule has 0 unspecified atom stereocenters. The minimum absolute atomic E-state index is 0.193. The molecule has 0 saturated heterocycles. The van der Waals surface area contributed by atoms with E-state index in [2.05, 4.69) is 15.3 Å². The van der Waals surface area contributed by atoms with Gasteiger partial charge in [0.2, 0.25) is 0 Å². The lowest BCUT2D eigenvalue weighted by Crippen LogP contribution is -2.12. The Kier molecular flexibility index (Phi) is 1.83. The van der Waals surface area contributed by atoms with E-state index >= 15 is 0 Å². The van der Waals surface area contributed by atoms with Crippen LogP contribution in [-0.2, 0) is 0 Å². The van der Waals surface area contributed by atoms with Gasteiger partial charge in [0, 0.05) is 12.4 Å². The number of nitrogens with zero attached hydrogens (tertiary/aromatic N) is 2. The van der Waals surface area contributed by atoms with Crippen LogP contribution in [0.2, 0.25) is 0 Å². The van der Waals surface area contributed by atoms with Crippen molar-refractivity contribution in [3.63, 3.8) is 0 Å². The zero-order valence-electron chi connectivity index (χ0n) is 8.18. The third-order valence-corrected chi connectivity index (χ3v) is 2.22. The number of para-hydroxylation sites is 2. The SMILES string of the molecule is O=C1Nc2ccccc2Oc2nccnc21. The van der Waals surface area contributed by atoms with Crippen molar-refractivity contribution in [2.75, 3.05) is 5.32 Å². The first-order chi connectivity index (χ1) is 7.84. The molecule has 1 aromatic heterocycles. The number of nitrogens with one attached hydrogen (secondary N) is 1. The van der Waals surface area contributed by atoms with Crippen molar-refractivity contribution in [3.05, 3.63) is 42.4 Å². The molecule has 2 aromatic rings. The van der Waals surface area contributed by atoms with E-state index in [1.54, 1.807) is 12.1 Å². The van der Waals surface area contributed by atoms with Crippen LogP contribution in [0.4, 0.5) is 5.69 Å². The summed E-state index contributed by atoms with van der Waals surface area (Å²) in [7, 11) is 0. The number of benzene rings is 1. The summed E-state index contributed by atoms with van der Waals surface area (Å²) >= 11 is 0. The van der Waals surface area contributed by atoms with Crippen molar-refractivity contribution in [1.29, 1.82) is 0 Å². The zero-order valence-corrected chi connectivity index (χ0v) is 8.18. The summed E-state index contributed by atoms with van der Waals surface area (Å²) in [6.07, 6.45) is 2.94. The summed E-state index contributed by atoms with van der Waals surface area (Å²) in [5.41, 5.74) is 0.811. The number of carbonyl (C=O) groups excluding carboxylic acids is 1. The maximum atomic E-state index is 11.8. The molecule has 0 spiro atoms. The predicted octanol–water partition coefficient (Wildman–Crippen LogP) is 1.83. The number of hydrogen-bond donors (Lipinski definition) is 1. The van der Waals surface area contributed by atoms with Gasteiger partial charge in [-0.1, -0.05) is 12.1 Å². The van der Waals surface area contributed by atoms with Crippen molar-refractivity contribution in [3.8, 4) is 11.6 Å². The molecule has 1 aromatic carbocycles. The highest BCUT2D eigenvalue weighted by Crippen LogP contribution is 2.32. The molecule has 0 atom stereocenters. The van der Waals surface area contributed by atoms with E-state index < -0.39 is 0 Å². The topological polar surface area (TPSA) is 64.1 Å². The van der Waals surface area contributed by atoms with Crippen LogP contribution in [0.3, 0.4) is 0 Å². The molecule has 1 aliphatic heterocycles. The fraction of sp³-hybridized carbons (Fsp3) is 0. The minimum atomic E-state index is -0.312. The molecule has 5 heteroatoms. The molecule has 2 heterocycles. The molecule has 0 saturated carbocycles. The highest BCUT2D eigenvalue weighted by Gasteiger charge is 2.22. The standard InChI is InChI=1S/C11H7N3O2/c15-10-9-11(13-6-5-12-9)16-8-4-2-1-3-7(8)14-10/h1-6H,(H,14,15). The second-order valence-corrected chi connectivity index (χ2v) is 3.26. The second kappa shape index (κ2) is 3.30. The first kappa shape index (κ1) is 8.84. The Morgan fingerprint density at radius 3 is 2.88 bits per heavy atom. The zero-order chi connectivity index (χ0) is 11.0. The Bertz CT molecular complexity index is 569. The molecule has 0 radical (unpaired) electrons. The molecular formula is C11H7N3O2. The van der Waals surface area contributed by atoms with Gasteiger partial charge < -0.3 is 10.1 Å². The number of anilines is 1. The molecule has 5 nitrogen and oxygen atoms in total. The summed E-state index contributed by atoms with van der Waals surface area (Å²) in [5.74, 6) is 0.480. The van der Waals surface area contributed by atoms with Crippen molar-refractivity contribution in [2.24, 2.45) is 0 Å². The summed E-state index contributed by atoms with van der Waals surface area (Å²) < 4.78 is 5.52. The van der Waals surface area contributed by atoms with E-state index in [9.17, 15) is 4.79 Å². The summed E-state index contributed by atoms with van der Waals surface area (Å²) in [6, 6.07) is 7.17. The molecule has 16 heavy (non-hydrogen) atoms. The van der Waals surface area contributed by atoms with Crippen LogP contribution in [0.5, 0.6) is 11.6 Å². The number of ether oxygens (including phenoxy) is 1. The van der Waals surface area contributed by atoms with E-state index in [4.69, 9.17) is 4.74 Å². The van der Waals surface area contributed by atoms with Gasteiger partial charge in [0.15, 0.2) is 11.4 Å². The third kappa shape index (κ3) is 1.30. The van der Waals surface area contributed by atoms with Crippen LogP contribution >= 0.6 is 0 Å². The fourth-order valence-corrected chi connectivity index (χ4v) is 1.50. The lowest BCUT2D eigenvalue weighted by molar-refractivity contribution is 0.102. The van der Waals surface area contributed by atoms with Gasteiger partial charge in [-0.25, -0.2) is 9.97 Å². The van der Waals surface area contributed by atoms with Crippen LogP contribution in [-0.4, -0.2) is 15.9 Å². The van der Waals surface area contributed by atoms with E-state index in [-0.39, 0.29) is 17.5 Å². The molecule has 0 bridgehead atoms. The Hall–Kier alpha value is -2.43. The highest BCUT2D eigenvalue weighted by atomic mass is 16.5. The van der Waals surface area contributed by atoms with E-state index in [0.29, 0.717) is 11.4 Å². The number of carbonyl (C=O) groups is 1. The Morgan fingerprint density at radius 2 is 1.94 bits per heavy atom. The van der Waals surface area contributed by atoms with Gasteiger partial charge in [0.25, 0.3) is 11.8 Å². The predicted molar refractivity (Wildman–Crippen MR) is 56.5 cm³/mol. The Morgan fingerprint density at radius 1 is 1.12 bits per heavy atom. The van der Waals surface area contributed by atoms with E-state index in [0.717, 1.165) is 0 Å². The molecule has 0 aliphatic carbocycles. The Balaban J connectivity index is 2.18. The normalized spacial score (nSPS) is 12.9. The van der Waals surface area contributed by atoms with Gasteiger partial charge in [-0.15, -0.1) is 0 Å².